The van der Waals surface area contributed by atoms with Gasteiger partial charge in [0.25, 0.3) is 0 Å². The molecule has 78 valence electrons. The van der Waals surface area contributed by atoms with Gasteiger partial charge in [-0.3, -0.25) is 9.97 Å². The van der Waals surface area contributed by atoms with Gasteiger partial charge in [-0.15, -0.1) is 11.3 Å². The second-order valence-corrected chi connectivity index (χ2v) is 3.89. The Hall–Kier alpha value is -1.46. The van der Waals surface area contributed by atoms with E-state index in [9.17, 15) is 0 Å². The predicted octanol–water partition coefficient (Wildman–Crippen LogP) is 1.59. The zero-order valence-electron chi connectivity index (χ0n) is 8.25. The molecular weight excluding hydrogens is 210 g/mol. The Kier molecular flexibility index (Phi) is 2.94. The quantitative estimate of drug-likeness (QED) is 0.855. The summed E-state index contributed by atoms with van der Waals surface area (Å²) < 4.78 is 5.21. The summed E-state index contributed by atoms with van der Waals surface area (Å²) in [5.74, 6) is 0.707. The molecule has 15 heavy (non-hydrogen) atoms. The molecule has 0 fully saturated rings. The Morgan fingerprint density at radius 3 is 3.07 bits per heavy atom. The van der Waals surface area contributed by atoms with Crippen molar-refractivity contribution in [3.63, 3.8) is 0 Å². The zero-order valence-corrected chi connectivity index (χ0v) is 9.07. The largest absolute Gasteiger partial charge is 0.495 e. The fraction of sp³-hybridized carbons (Fsp3) is 0.200. The topological polar surface area (TPSA) is 61.0 Å². The van der Waals surface area contributed by atoms with E-state index in [2.05, 4.69) is 9.97 Å². The smallest absolute Gasteiger partial charge is 0.142 e. The lowest BCUT2D eigenvalue weighted by Crippen LogP contribution is -2.13. The van der Waals surface area contributed by atoms with Crippen LogP contribution in [0.15, 0.2) is 30.0 Å². The van der Waals surface area contributed by atoms with Gasteiger partial charge in [-0.2, -0.15) is 0 Å². The van der Waals surface area contributed by atoms with E-state index in [0.29, 0.717) is 5.75 Å². The van der Waals surface area contributed by atoms with Crippen molar-refractivity contribution < 1.29 is 4.74 Å². The molecule has 2 rings (SSSR count). The average Bonchev–Trinajstić information content (AvgIpc) is 2.81. The molecule has 2 aromatic rings. The fourth-order valence-corrected chi connectivity index (χ4v) is 1.95. The van der Waals surface area contributed by atoms with Crippen molar-refractivity contribution in [2.45, 2.75) is 6.04 Å². The molecule has 0 saturated heterocycles. The SMILES string of the molecule is COc1cccnc1C(N)c1cncs1. The van der Waals surface area contributed by atoms with Crippen molar-refractivity contribution >= 4 is 11.3 Å². The highest BCUT2D eigenvalue weighted by Gasteiger charge is 2.16. The van der Waals surface area contributed by atoms with Crippen LogP contribution in [0.1, 0.15) is 16.6 Å². The predicted molar refractivity (Wildman–Crippen MR) is 58.9 cm³/mol. The molecular formula is C10H11N3OS. The maximum atomic E-state index is 6.07. The zero-order chi connectivity index (χ0) is 10.7. The molecule has 0 bridgehead atoms. The summed E-state index contributed by atoms with van der Waals surface area (Å²) in [5.41, 5.74) is 8.56. The third-order valence-corrected chi connectivity index (χ3v) is 2.93. The normalized spacial score (nSPS) is 12.4. The molecule has 0 aromatic carbocycles. The molecule has 0 aliphatic rings. The average molecular weight is 221 g/mol. The molecule has 0 amide bonds. The minimum atomic E-state index is -0.270. The summed E-state index contributed by atoms with van der Waals surface area (Å²) in [4.78, 5) is 9.21. The Bertz CT molecular complexity index is 430. The monoisotopic (exact) mass is 221 g/mol. The first kappa shape index (κ1) is 10.1. The number of nitrogens with zero attached hydrogens (tertiary/aromatic N) is 2. The minimum Gasteiger partial charge on any atom is -0.495 e. The van der Waals surface area contributed by atoms with Crippen LogP contribution in [0.3, 0.4) is 0 Å². The van der Waals surface area contributed by atoms with Crippen LogP contribution in [0.5, 0.6) is 5.75 Å². The van der Waals surface area contributed by atoms with E-state index in [1.54, 1.807) is 25.0 Å². The molecule has 2 heterocycles. The van der Waals surface area contributed by atoms with Crippen LogP contribution in [-0.4, -0.2) is 17.1 Å². The van der Waals surface area contributed by atoms with Gasteiger partial charge in [0.1, 0.15) is 11.4 Å². The summed E-state index contributed by atoms with van der Waals surface area (Å²) >= 11 is 1.51. The lowest BCUT2D eigenvalue weighted by molar-refractivity contribution is 0.405. The molecule has 0 radical (unpaired) electrons. The van der Waals surface area contributed by atoms with Crippen molar-refractivity contribution in [3.8, 4) is 5.75 Å². The van der Waals surface area contributed by atoms with E-state index in [0.717, 1.165) is 10.6 Å². The van der Waals surface area contributed by atoms with Gasteiger partial charge < -0.3 is 10.5 Å². The molecule has 2 N–H and O–H groups in total. The minimum absolute atomic E-state index is 0.270. The first-order chi connectivity index (χ1) is 7.33. The van der Waals surface area contributed by atoms with Gasteiger partial charge in [0.05, 0.1) is 18.7 Å². The molecule has 0 spiro atoms. The highest BCUT2D eigenvalue weighted by Crippen LogP contribution is 2.27. The van der Waals surface area contributed by atoms with Gasteiger partial charge in [0.15, 0.2) is 0 Å². The van der Waals surface area contributed by atoms with E-state index < -0.39 is 0 Å². The van der Waals surface area contributed by atoms with E-state index >= 15 is 0 Å². The number of ether oxygens (including phenoxy) is 1. The summed E-state index contributed by atoms with van der Waals surface area (Å²) in [6, 6.07) is 3.40. The van der Waals surface area contributed by atoms with Crippen molar-refractivity contribution in [2.75, 3.05) is 7.11 Å². The molecule has 1 atom stereocenters. The third-order valence-electron chi connectivity index (χ3n) is 2.07. The number of aromatic nitrogens is 2. The summed E-state index contributed by atoms with van der Waals surface area (Å²) in [7, 11) is 1.61. The molecule has 4 nitrogen and oxygen atoms in total. The number of hydrogen-bond donors (Lipinski definition) is 1. The number of pyridine rings is 1. The second-order valence-electron chi connectivity index (χ2n) is 2.97. The van der Waals surface area contributed by atoms with Crippen molar-refractivity contribution in [2.24, 2.45) is 5.73 Å². The second kappa shape index (κ2) is 4.37. The Morgan fingerprint density at radius 2 is 2.40 bits per heavy atom. The van der Waals surface area contributed by atoms with Gasteiger partial charge in [-0.25, -0.2) is 0 Å². The van der Waals surface area contributed by atoms with E-state index in [-0.39, 0.29) is 6.04 Å². The van der Waals surface area contributed by atoms with Crippen LogP contribution < -0.4 is 10.5 Å². The third kappa shape index (κ3) is 1.98. The van der Waals surface area contributed by atoms with Crippen LogP contribution >= 0.6 is 11.3 Å². The lowest BCUT2D eigenvalue weighted by atomic mass is 10.1. The molecule has 1 unspecified atom stereocenters. The fourth-order valence-electron chi connectivity index (χ4n) is 1.32. The summed E-state index contributed by atoms with van der Waals surface area (Å²) in [6.45, 7) is 0. The van der Waals surface area contributed by atoms with Crippen LogP contribution in [0.4, 0.5) is 0 Å². The Balaban J connectivity index is 2.37. The highest BCUT2D eigenvalue weighted by atomic mass is 32.1. The van der Waals surface area contributed by atoms with E-state index in [1.807, 2.05) is 12.1 Å². The van der Waals surface area contributed by atoms with Crippen LogP contribution in [0, 0.1) is 0 Å². The number of thiazole rings is 1. The summed E-state index contributed by atoms with van der Waals surface area (Å²) in [6.07, 6.45) is 3.46. The van der Waals surface area contributed by atoms with Crippen LogP contribution in [0.25, 0.3) is 0 Å². The highest BCUT2D eigenvalue weighted by molar-refractivity contribution is 7.09. The van der Waals surface area contributed by atoms with E-state index in [1.165, 1.54) is 11.3 Å². The maximum absolute atomic E-state index is 6.07. The molecule has 5 heteroatoms. The van der Waals surface area contributed by atoms with Gasteiger partial charge in [-0.05, 0) is 12.1 Å². The van der Waals surface area contributed by atoms with Gasteiger partial charge in [0, 0.05) is 17.3 Å². The molecule has 0 aliphatic carbocycles. The first-order valence-electron chi connectivity index (χ1n) is 4.46. The molecule has 0 saturated carbocycles. The van der Waals surface area contributed by atoms with Gasteiger partial charge >= 0.3 is 0 Å². The van der Waals surface area contributed by atoms with Crippen molar-refractivity contribution in [1.29, 1.82) is 0 Å². The van der Waals surface area contributed by atoms with Crippen molar-refractivity contribution in [3.05, 3.63) is 40.6 Å². The number of nitrogens with two attached hydrogens (primary N) is 1. The standard InChI is InChI=1S/C10H11N3OS/c1-14-7-3-2-4-13-10(7)9(11)8-5-12-6-15-8/h2-6,9H,11H2,1H3. The summed E-state index contributed by atoms with van der Waals surface area (Å²) in [5, 5.41) is 0. The number of rotatable bonds is 3. The first-order valence-corrected chi connectivity index (χ1v) is 5.33. The lowest BCUT2D eigenvalue weighted by Gasteiger charge is -2.12. The van der Waals surface area contributed by atoms with Gasteiger partial charge in [0.2, 0.25) is 0 Å². The van der Waals surface area contributed by atoms with Crippen LogP contribution in [-0.2, 0) is 0 Å². The van der Waals surface area contributed by atoms with Crippen molar-refractivity contribution in [1.82, 2.24) is 9.97 Å². The molecule has 0 aliphatic heterocycles. The Morgan fingerprint density at radius 1 is 1.53 bits per heavy atom. The van der Waals surface area contributed by atoms with Crippen LogP contribution in [0.2, 0.25) is 0 Å². The number of hydrogen-bond acceptors (Lipinski definition) is 5. The maximum Gasteiger partial charge on any atom is 0.142 e. The van der Waals surface area contributed by atoms with E-state index in [4.69, 9.17) is 10.5 Å². The number of methoxy groups -OCH3 is 1. The van der Waals surface area contributed by atoms with Gasteiger partial charge in [-0.1, -0.05) is 0 Å². The molecule has 2 aromatic heterocycles. The Labute approximate surface area is 91.8 Å².